The van der Waals surface area contributed by atoms with Crippen molar-refractivity contribution in [1.82, 2.24) is 5.32 Å². The molecule has 5 heteroatoms. The molecule has 0 unspecified atom stereocenters. The average Bonchev–Trinajstić information content (AvgIpc) is 2.22. The summed E-state index contributed by atoms with van der Waals surface area (Å²) < 4.78 is 13.2. The third-order valence-corrected chi connectivity index (χ3v) is 2.48. The lowest BCUT2D eigenvalue weighted by Crippen LogP contribution is -2.26. The maximum absolute atomic E-state index is 13.2. The van der Waals surface area contributed by atoms with Crippen LogP contribution in [0.1, 0.15) is 5.56 Å². The number of benzene rings is 1. The summed E-state index contributed by atoms with van der Waals surface area (Å²) in [5, 5.41) is 2.91. The average molecular weight is 250 g/mol. The quantitative estimate of drug-likeness (QED) is 0.816. The zero-order valence-corrected chi connectivity index (χ0v) is 9.41. The minimum atomic E-state index is -0.359. The fourth-order valence-corrected chi connectivity index (χ4v) is 1.50. The first-order valence-electron chi connectivity index (χ1n) is 4.40. The lowest BCUT2D eigenvalue weighted by atomic mass is 10.1. The Labute approximate surface area is 97.4 Å². The van der Waals surface area contributed by atoms with E-state index in [0.29, 0.717) is 23.6 Å². The summed E-state index contributed by atoms with van der Waals surface area (Å²) >= 11 is 11.1. The van der Waals surface area contributed by atoms with Crippen molar-refractivity contribution in [3.05, 3.63) is 34.6 Å². The molecule has 1 rings (SSSR count). The van der Waals surface area contributed by atoms with Crippen LogP contribution in [0.5, 0.6) is 0 Å². The molecule has 0 spiro atoms. The van der Waals surface area contributed by atoms with E-state index in [1.807, 2.05) is 0 Å². The summed E-state index contributed by atoms with van der Waals surface area (Å²) in [5.74, 6) is -0.725. The van der Waals surface area contributed by atoms with Gasteiger partial charge >= 0.3 is 0 Å². The van der Waals surface area contributed by atoms with Gasteiger partial charge in [-0.25, -0.2) is 4.39 Å². The number of halogens is 3. The highest BCUT2D eigenvalue weighted by Gasteiger charge is 2.06. The molecular weight excluding hydrogens is 240 g/mol. The first-order chi connectivity index (χ1) is 7.15. The fourth-order valence-electron chi connectivity index (χ4n) is 1.15. The summed E-state index contributed by atoms with van der Waals surface area (Å²) in [7, 11) is 0. The van der Waals surface area contributed by atoms with Gasteiger partial charge in [-0.1, -0.05) is 17.7 Å². The largest absolute Gasteiger partial charge is 0.355 e. The van der Waals surface area contributed by atoms with Crippen molar-refractivity contribution in [1.29, 1.82) is 0 Å². The van der Waals surface area contributed by atoms with Crippen molar-refractivity contribution >= 4 is 29.1 Å². The van der Waals surface area contributed by atoms with E-state index in [9.17, 15) is 9.18 Å². The molecular formula is C10H10Cl2FNO. The van der Waals surface area contributed by atoms with Crippen molar-refractivity contribution in [3.63, 3.8) is 0 Å². The van der Waals surface area contributed by atoms with Crippen LogP contribution >= 0.6 is 23.2 Å². The second-order valence-electron chi connectivity index (χ2n) is 2.93. The van der Waals surface area contributed by atoms with Crippen LogP contribution < -0.4 is 5.32 Å². The highest BCUT2D eigenvalue weighted by Crippen LogP contribution is 2.18. The molecule has 0 aliphatic rings. The highest BCUT2D eigenvalue weighted by atomic mass is 35.5. The van der Waals surface area contributed by atoms with Gasteiger partial charge in [0.1, 0.15) is 11.7 Å². The number of amides is 1. The van der Waals surface area contributed by atoms with Crippen molar-refractivity contribution in [3.8, 4) is 0 Å². The SMILES string of the molecule is O=C(CCl)NCCc1c(F)cccc1Cl. The Bertz CT molecular complexity index is 337. The zero-order valence-electron chi connectivity index (χ0n) is 7.90. The van der Waals surface area contributed by atoms with Crippen molar-refractivity contribution in [2.45, 2.75) is 6.42 Å². The first kappa shape index (κ1) is 12.3. The summed E-state index contributed by atoms with van der Waals surface area (Å²) in [6, 6.07) is 4.49. The first-order valence-corrected chi connectivity index (χ1v) is 5.32. The van der Waals surface area contributed by atoms with Crippen LogP contribution in [0.4, 0.5) is 4.39 Å². The van der Waals surface area contributed by atoms with Crippen LogP contribution in [0.3, 0.4) is 0 Å². The zero-order chi connectivity index (χ0) is 11.3. The van der Waals surface area contributed by atoms with Gasteiger partial charge in [-0.05, 0) is 18.6 Å². The second-order valence-corrected chi connectivity index (χ2v) is 3.61. The molecule has 0 fully saturated rings. The van der Waals surface area contributed by atoms with Crippen LogP contribution in [0.25, 0.3) is 0 Å². The molecule has 0 radical (unpaired) electrons. The highest BCUT2D eigenvalue weighted by molar-refractivity contribution is 6.31. The van der Waals surface area contributed by atoms with Crippen LogP contribution in [-0.4, -0.2) is 18.3 Å². The van der Waals surface area contributed by atoms with Crippen molar-refractivity contribution < 1.29 is 9.18 Å². The summed E-state index contributed by atoms with van der Waals surface area (Å²) in [6.45, 7) is 0.326. The Kier molecular flexibility index (Phi) is 4.85. The topological polar surface area (TPSA) is 29.1 Å². The Morgan fingerprint density at radius 1 is 1.47 bits per heavy atom. The molecule has 1 amide bonds. The molecule has 15 heavy (non-hydrogen) atoms. The van der Waals surface area contributed by atoms with E-state index < -0.39 is 0 Å². The number of carbonyl (C=O) groups is 1. The van der Waals surface area contributed by atoms with E-state index in [1.165, 1.54) is 6.07 Å². The van der Waals surface area contributed by atoms with E-state index in [2.05, 4.69) is 5.32 Å². The molecule has 0 aliphatic heterocycles. The van der Waals surface area contributed by atoms with Gasteiger partial charge < -0.3 is 5.32 Å². The van der Waals surface area contributed by atoms with Gasteiger partial charge in [-0.2, -0.15) is 0 Å². The van der Waals surface area contributed by atoms with Crippen LogP contribution in [0, 0.1) is 5.82 Å². The van der Waals surface area contributed by atoms with Gasteiger partial charge in [0.05, 0.1) is 0 Å². The Balaban J connectivity index is 2.54. The maximum Gasteiger partial charge on any atom is 0.234 e. The van der Waals surface area contributed by atoms with Gasteiger partial charge in [-0.3, -0.25) is 4.79 Å². The number of carbonyl (C=O) groups excluding carboxylic acids is 1. The van der Waals surface area contributed by atoms with Gasteiger partial charge in [0.2, 0.25) is 5.91 Å². The van der Waals surface area contributed by atoms with Gasteiger partial charge in [0.15, 0.2) is 0 Å². The fraction of sp³-hybridized carbons (Fsp3) is 0.300. The Morgan fingerprint density at radius 3 is 2.80 bits per heavy atom. The van der Waals surface area contributed by atoms with E-state index in [-0.39, 0.29) is 17.6 Å². The van der Waals surface area contributed by atoms with Gasteiger partial charge in [-0.15, -0.1) is 11.6 Å². The molecule has 2 nitrogen and oxygen atoms in total. The third-order valence-electron chi connectivity index (χ3n) is 1.88. The molecule has 0 aromatic heterocycles. The van der Waals surface area contributed by atoms with Gasteiger partial charge in [0, 0.05) is 17.1 Å². The van der Waals surface area contributed by atoms with E-state index >= 15 is 0 Å². The van der Waals surface area contributed by atoms with E-state index in [0.717, 1.165) is 0 Å². The van der Waals surface area contributed by atoms with Crippen LogP contribution in [-0.2, 0) is 11.2 Å². The lowest BCUT2D eigenvalue weighted by molar-refractivity contribution is -0.118. The molecule has 0 aliphatic carbocycles. The second kappa shape index (κ2) is 5.93. The number of alkyl halides is 1. The predicted octanol–water partition coefficient (Wildman–Crippen LogP) is 2.38. The number of nitrogens with one attached hydrogen (secondary N) is 1. The molecule has 0 heterocycles. The summed E-state index contributed by atoms with van der Waals surface area (Å²) in [4.78, 5) is 10.8. The molecule has 1 N–H and O–H groups in total. The molecule has 1 aromatic rings. The standard InChI is InChI=1S/C10H10Cl2FNO/c11-6-10(15)14-5-4-7-8(12)2-1-3-9(7)13/h1-3H,4-6H2,(H,14,15). The molecule has 0 saturated heterocycles. The molecule has 0 saturated carbocycles. The Morgan fingerprint density at radius 2 is 2.20 bits per heavy atom. The number of hydrogen-bond donors (Lipinski definition) is 1. The number of hydrogen-bond acceptors (Lipinski definition) is 1. The maximum atomic E-state index is 13.2. The molecule has 1 aromatic carbocycles. The van der Waals surface area contributed by atoms with Crippen molar-refractivity contribution in [2.75, 3.05) is 12.4 Å². The summed E-state index contributed by atoms with van der Waals surface area (Å²) in [5.41, 5.74) is 0.411. The van der Waals surface area contributed by atoms with Crippen molar-refractivity contribution in [2.24, 2.45) is 0 Å². The van der Waals surface area contributed by atoms with Gasteiger partial charge in [0.25, 0.3) is 0 Å². The minimum Gasteiger partial charge on any atom is -0.355 e. The van der Waals surface area contributed by atoms with Crippen LogP contribution in [0.2, 0.25) is 5.02 Å². The smallest absolute Gasteiger partial charge is 0.234 e. The monoisotopic (exact) mass is 249 g/mol. The van der Waals surface area contributed by atoms with E-state index in [4.69, 9.17) is 23.2 Å². The summed E-state index contributed by atoms with van der Waals surface area (Å²) in [6.07, 6.45) is 0.355. The molecule has 0 bridgehead atoms. The minimum absolute atomic E-state index is 0.0923. The number of rotatable bonds is 4. The lowest BCUT2D eigenvalue weighted by Gasteiger charge is -2.06. The normalized spacial score (nSPS) is 10.1. The molecule has 0 atom stereocenters. The van der Waals surface area contributed by atoms with Crippen LogP contribution in [0.15, 0.2) is 18.2 Å². The Hall–Kier alpha value is -0.800. The predicted molar refractivity (Wildman–Crippen MR) is 58.8 cm³/mol. The third kappa shape index (κ3) is 3.68. The van der Waals surface area contributed by atoms with E-state index in [1.54, 1.807) is 12.1 Å². The molecule has 82 valence electrons.